The number of carbonyl (C=O) groups is 7. The maximum atomic E-state index is 14.4. The van der Waals surface area contributed by atoms with Gasteiger partial charge in [0.15, 0.2) is 6.23 Å². The van der Waals surface area contributed by atoms with Gasteiger partial charge in [-0.05, 0) is 108 Å². The Kier molecular flexibility index (Phi) is 22.4. The Bertz CT molecular complexity index is 3610. The summed E-state index contributed by atoms with van der Waals surface area (Å²) in [4.78, 5) is 131. The molecule has 0 spiro atoms. The summed E-state index contributed by atoms with van der Waals surface area (Å²) in [5.41, 5.74) is 36.8. The molecule has 14 atom stereocenters. The second kappa shape index (κ2) is 27.8. The molecule has 27 nitrogen and oxygen atoms in total. The monoisotopic (exact) mass is 1340 g/mol. The van der Waals surface area contributed by atoms with Gasteiger partial charge in [-0.3, -0.25) is 62.6 Å². The van der Waals surface area contributed by atoms with Gasteiger partial charge in [-0.25, -0.2) is 9.55 Å². The van der Waals surface area contributed by atoms with Crippen molar-refractivity contribution in [2.75, 3.05) is 13.2 Å². The number of aliphatic imine (C=N–C) groups is 4. The van der Waals surface area contributed by atoms with E-state index in [2.05, 4.69) is 10.3 Å². The Morgan fingerprint density at radius 1 is 0.739 bits per heavy atom. The van der Waals surface area contributed by atoms with Crippen molar-refractivity contribution in [2.24, 2.45) is 99.7 Å². The van der Waals surface area contributed by atoms with Crippen molar-refractivity contribution in [3.05, 3.63) is 71.3 Å². The number of aryl methyl sites for hydroxylation is 2. The SMILES string of the molecule is C/C1=C2N=C(/C=C3N=C(/C(C)=C4\N=C([C@H](CC(N)=O)[C@@]4(C)CCC(=O)NC[C@@H](C)OP(=O)(O)O[C@@H]4[C@@H](O)[C@H](n5cnc6cc(C)c(C)cc65)O[C@H]4CO)[C@]4(C)N=C1[C@@H](CCC(N)=O)[C@@]4(C)CC(N)=O)[C@@H](CCC(N)=O)C\3(C)C)[C@H](CCC(N)=O)[C@@]/2(C)CC(N)=O.[CH3-].[Co]. The average Bonchev–Trinajstić information content (AvgIpc) is 1.53. The molecule has 1 radical (unpaired) electrons. The van der Waals surface area contributed by atoms with E-state index in [1.165, 1.54) is 13.3 Å². The first kappa shape index (κ1) is 74.4. The third-order valence-electron chi connectivity index (χ3n) is 20.2. The van der Waals surface area contributed by atoms with Crippen LogP contribution in [0, 0.1) is 66.6 Å². The summed E-state index contributed by atoms with van der Waals surface area (Å²) in [5, 5.41) is 24.6. The zero-order valence-electron chi connectivity index (χ0n) is 54.5. The van der Waals surface area contributed by atoms with Crippen LogP contribution in [0.15, 0.2) is 72.7 Å². The van der Waals surface area contributed by atoms with Crippen LogP contribution in [-0.2, 0) is 68.7 Å². The van der Waals surface area contributed by atoms with E-state index in [0.29, 0.717) is 62.1 Å². The van der Waals surface area contributed by atoms with E-state index in [9.17, 15) is 53.2 Å². The summed E-state index contributed by atoms with van der Waals surface area (Å²) in [5.74, 6) is -7.52. The largest absolute Gasteiger partial charge is 0.472 e. The van der Waals surface area contributed by atoms with Gasteiger partial charge in [-0.1, -0.05) is 34.6 Å². The predicted molar refractivity (Wildman–Crippen MR) is 341 cm³/mol. The number of aliphatic hydroxyl groups is 2. The number of rotatable bonds is 26. The Labute approximate surface area is 546 Å². The van der Waals surface area contributed by atoms with E-state index in [0.717, 1.165) is 11.1 Å². The summed E-state index contributed by atoms with van der Waals surface area (Å²) < 4.78 is 32.2. The van der Waals surface area contributed by atoms with E-state index in [1.54, 1.807) is 25.3 Å². The van der Waals surface area contributed by atoms with Gasteiger partial charge in [0.2, 0.25) is 41.4 Å². The number of fused-ring (bicyclic) bond motifs is 6. The standard InChI is InChI=1S/C62H88N13O14P.CH3.Co/c1-29-20-39-40(21-30(29)2)75(28-70-39)57-52(84)53(41(27-76)87-57)89-90(85,86)88-31(3)26-69-49(83)18-19-59(8)37(22-46(66)80)56-62(11)61(10,25-48(68)82)36(14-17-45(65)79)51(74-62)33(5)55-60(9,24-47(67)81)34(12-15-43(63)77)38(71-55)23-42-58(6,7)35(13-16-44(64)78)50(72-42)32(4)54(59)73-56;;/h20-21,23,28,31,34-37,41,52-53,57,76,84H,12-19,22,24-27H2,1-11H3,(H2,63,77)(H2,64,78)(H2,65,79)(H2,66,80)(H2,67,81)(H2,68,82)(H,69,83)(H,85,86);1H3;/q;-1;/b42-23-,54-32-,55-33-;;/t31-,34+,35-,36-,37+,41+,52-,53+,57-,59-,60-,61-,62+;;/m1../s1. The molecule has 92 heavy (non-hydrogen) atoms. The van der Waals surface area contributed by atoms with Crippen LogP contribution in [-0.4, -0.2) is 132 Å². The van der Waals surface area contributed by atoms with E-state index >= 15 is 0 Å². The summed E-state index contributed by atoms with van der Waals surface area (Å²) >= 11 is 0. The van der Waals surface area contributed by atoms with Crippen molar-refractivity contribution in [1.82, 2.24) is 14.9 Å². The van der Waals surface area contributed by atoms with Crippen LogP contribution in [0.25, 0.3) is 11.0 Å². The van der Waals surface area contributed by atoms with E-state index in [4.69, 9.17) is 68.2 Å². The minimum absolute atomic E-state index is 0. The van der Waals surface area contributed by atoms with Crippen molar-refractivity contribution < 1.29 is 83.8 Å². The second-order valence-corrected chi connectivity index (χ2v) is 28.2. The number of carbonyl (C=O) groups excluding carboxylic acids is 7. The molecule has 1 aromatic carbocycles. The molecule has 2 aromatic rings. The van der Waals surface area contributed by atoms with E-state index < -0.39 is 137 Å². The topological polar surface area (TPSA) is 460 Å². The number of nitrogens with two attached hydrogens (primary N) is 6. The molecule has 8 bridgehead atoms. The normalized spacial score (nSPS) is 32.7. The molecule has 6 aliphatic heterocycles. The summed E-state index contributed by atoms with van der Waals surface area (Å²) in [7, 11) is -5.07. The molecule has 29 heteroatoms. The number of aliphatic hydroxyl groups excluding tert-OH is 2. The number of ether oxygens (including phenoxy) is 1. The summed E-state index contributed by atoms with van der Waals surface area (Å²) in [6.45, 7) is 19.0. The number of primary amides is 6. The fraction of sp³-hybridized carbons (Fsp3) is 0.603. The minimum atomic E-state index is -5.07. The van der Waals surface area contributed by atoms with Gasteiger partial charge in [0, 0.05) is 136 Å². The van der Waals surface area contributed by atoms with Crippen LogP contribution in [0.3, 0.4) is 0 Å². The zero-order chi connectivity index (χ0) is 66.7. The van der Waals surface area contributed by atoms with Gasteiger partial charge in [0.1, 0.15) is 23.9 Å². The maximum Gasteiger partial charge on any atom is 0.472 e. The van der Waals surface area contributed by atoms with Crippen molar-refractivity contribution in [1.29, 1.82) is 0 Å². The number of phosphoric acid groups is 1. The number of phosphoric ester groups is 1. The molecule has 0 saturated carbocycles. The fourth-order valence-electron chi connectivity index (χ4n) is 15.0. The molecule has 507 valence electrons. The number of nitrogens with one attached hydrogen (secondary N) is 1. The fourth-order valence-corrected chi connectivity index (χ4v) is 16.2. The van der Waals surface area contributed by atoms with Crippen molar-refractivity contribution in [3.63, 3.8) is 0 Å². The van der Waals surface area contributed by atoms with Crippen LogP contribution in [0.4, 0.5) is 0 Å². The molecule has 8 rings (SSSR count). The van der Waals surface area contributed by atoms with Crippen LogP contribution < -0.4 is 39.7 Å². The van der Waals surface area contributed by atoms with Crippen molar-refractivity contribution >= 4 is 83.1 Å². The molecular formula is C63H91CoN13O14P-. The molecule has 1 saturated heterocycles. The number of hydrogen-bond donors (Lipinski definition) is 10. The molecule has 1 aromatic heterocycles. The van der Waals surface area contributed by atoms with Gasteiger partial charge in [0.05, 0.1) is 47.2 Å². The first-order valence-electron chi connectivity index (χ1n) is 30.4. The van der Waals surface area contributed by atoms with Crippen LogP contribution in [0.1, 0.15) is 150 Å². The molecule has 7 heterocycles. The van der Waals surface area contributed by atoms with Gasteiger partial charge < -0.3 is 71.6 Å². The molecule has 1 fully saturated rings. The number of aromatic nitrogens is 2. The number of allylic oxidation sites excluding steroid dienone is 6. The minimum Gasteiger partial charge on any atom is -0.394 e. The number of benzene rings is 1. The number of nitrogens with zero attached hydrogens (tertiary/aromatic N) is 6. The summed E-state index contributed by atoms with van der Waals surface area (Å²) in [6, 6.07) is 3.73. The Hall–Kier alpha value is -6.62. The molecule has 0 aliphatic carbocycles. The molecular weight excluding hydrogens is 1250 g/mol. The third kappa shape index (κ3) is 14.1. The maximum absolute atomic E-state index is 14.4. The van der Waals surface area contributed by atoms with Gasteiger partial charge >= 0.3 is 7.82 Å². The quantitative estimate of drug-likeness (QED) is 0.0468. The van der Waals surface area contributed by atoms with E-state index in [1.807, 2.05) is 66.7 Å². The van der Waals surface area contributed by atoms with Gasteiger partial charge in [0.25, 0.3) is 0 Å². The van der Waals surface area contributed by atoms with Gasteiger partial charge in [-0.2, -0.15) is 0 Å². The molecule has 7 amide bonds. The average molecular weight is 1340 g/mol. The summed E-state index contributed by atoms with van der Waals surface area (Å²) in [6.07, 6.45) is -4.63. The van der Waals surface area contributed by atoms with Crippen molar-refractivity contribution in [3.8, 4) is 0 Å². The Morgan fingerprint density at radius 3 is 1.88 bits per heavy atom. The van der Waals surface area contributed by atoms with Crippen LogP contribution in [0.5, 0.6) is 0 Å². The second-order valence-electron chi connectivity index (χ2n) is 26.8. The number of imidazole rings is 1. The zero-order valence-corrected chi connectivity index (χ0v) is 56.4. The first-order chi connectivity index (χ1) is 41.8. The van der Waals surface area contributed by atoms with E-state index in [-0.39, 0.29) is 101 Å². The Balaban J connectivity index is 0.00000672. The first-order valence-corrected chi connectivity index (χ1v) is 31.9. The molecule has 16 N–H and O–H groups in total. The molecule has 6 aliphatic rings. The third-order valence-corrected chi connectivity index (χ3v) is 21.3. The van der Waals surface area contributed by atoms with Crippen LogP contribution >= 0.6 is 7.82 Å². The Morgan fingerprint density at radius 2 is 1.30 bits per heavy atom. The van der Waals surface area contributed by atoms with Crippen molar-refractivity contribution in [2.45, 2.75) is 183 Å². The van der Waals surface area contributed by atoms with Gasteiger partial charge in [-0.15, -0.1) is 0 Å². The predicted octanol–water partition coefficient (Wildman–Crippen LogP) is 4.09. The number of amides is 7. The van der Waals surface area contributed by atoms with Crippen LogP contribution in [0.2, 0.25) is 0 Å². The number of hydrogen-bond acceptors (Lipinski definition) is 18. The molecule has 1 unspecified atom stereocenters. The smallest absolute Gasteiger partial charge is 0.394 e.